The van der Waals surface area contributed by atoms with E-state index in [0.29, 0.717) is 17.9 Å². The molecule has 0 aliphatic carbocycles. The number of benzene rings is 3. The van der Waals surface area contributed by atoms with Gasteiger partial charge in [0.05, 0.1) is 12.6 Å². The van der Waals surface area contributed by atoms with Crippen molar-refractivity contribution in [2.45, 2.75) is 19.3 Å². The fraction of sp³-hybridized carbons (Fsp3) is 0.200. The van der Waals surface area contributed by atoms with Crippen LogP contribution in [0.1, 0.15) is 24.1 Å². The van der Waals surface area contributed by atoms with Crippen LogP contribution in [0, 0.1) is 0 Å². The molecule has 0 heterocycles. The van der Waals surface area contributed by atoms with Crippen molar-refractivity contribution in [2.75, 3.05) is 6.61 Å². The maximum absolute atomic E-state index is 12.3. The Morgan fingerprint density at radius 2 is 1.65 bits per heavy atom. The zero-order chi connectivity index (χ0) is 18.7. The Bertz CT molecular complexity index is 892. The number of hydrogen-bond donors (Lipinski definition) is 1. The van der Waals surface area contributed by atoms with Gasteiger partial charge in [-0.2, -0.15) is 0 Å². The highest BCUT2D eigenvalue weighted by Crippen LogP contribution is 2.36. The van der Waals surface area contributed by atoms with E-state index in [1.165, 1.54) is 24.3 Å². The molecule has 3 aromatic carbocycles. The highest BCUT2D eigenvalue weighted by Gasteiger charge is 2.31. The molecule has 0 saturated heterocycles. The van der Waals surface area contributed by atoms with Gasteiger partial charge in [0.1, 0.15) is 11.5 Å². The van der Waals surface area contributed by atoms with Gasteiger partial charge in [0.25, 0.3) is 0 Å². The van der Waals surface area contributed by atoms with Crippen molar-refractivity contribution in [1.82, 2.24) is 0 Å². The van der Waals surface area contributed by atoms with Gasteiger partial charge in [-0.25, -0.2) is 0 Å². The fourth-order valence-electron chi connectivity index (χ4n) is 2.92. The molecule has 0 aliphatic rings. The van der Waals surface area contributed by atoms with Crippen LogP contribution < -0.4 is 15.2 Å². The van der Waals surface area contributed by atoms with Crippen LogP contribution in [0.3, 0.4) is 0 Å². The summed E-state index contributed by atoms with van der Waals surface area (Å²) in [4.78, 5) is 0. The average Bonchev–Trinajstić information content (AvgIpc) is 2.60. The maximum Gasteiger partial charge on any atom is 0.573 e. The van der Waals surface area contributed by atoms with Crippen molar-refractivity contribution < 1.29 is 22.6 Å². The highest BCUT2D eigenvalue weighted by molar-refractivity contribution is 5.88. The van der Waals surface area contributed by atoms with Crippen LogP contribution in [-0.2, 0) is 0 Å². The van der Waals surface area contributed by atoms with Gasteiger partial charge in [-0.15, -0.1) is 13.2 Å². The van der Waals surface area contributed by atoms with E-state index in [-0.39, 0.29) is 5.75 Å². The van der Waals surface area contributed by atoms with E-state index < -0.39 is 12.4 Å². The van der Waals surface area contributed by atoms with Gasteiger partial charge in [0.15, 0.2) is 0 Å². The van der Waals surface area contributed by atoms with Crippen molar-refractivity contribution in [2.24, 2.45) is 5.73 Å². The summed E-state index contributed by atoms with van der Waals surface area (Å²) >= 11 is 0. The topological polar surface area (TPSA) is 44.5 Å². The number of rotatable bonds is 5. The van der Waals surface area contributed by atoms with Gasteiger partial charge in [-0.1, -0.05) is 42.5 Å². The van der Waals surface area contributed by atoms with Crippen LogP contribution in [0.25, 0.3) is 10.8 Å². The average molecular weight is 361 g/mol. The summed E-state index contributed by atoms with van der Waals surface area (Å²) < 4.78 is 46.6. The first-order valence-corrected chi connectivity index (χ1v) is 8.15. The van der Waals surface area contributed by atoms with Crippen LogP contribution >= 0.6 is 0 Å². The van der Waals surface area contributed by atoms with Gasteiger partial charge < -0.3 is 15.2 Å². The molecule has 0 unspecified atom stereocenters. The quantitative estimate of drug-likeness (QED) is 0.681. The number of nitrogens with two attached hydrogens (primary N) is 1. The van der Waals surface area contributed by atoms with Gasteiger partial charge in [-0.3, -0.25) is 0 Å². The second kappa shape index (κ2) is 7.25. The Balaban J connectivity index is 2.01. The van der Waals surface area contributed by atoms with Crippen LogP contribution in [0.2, 0.25) is 0 Å². The van der Waals surface area contributed by atoms with Gasteiger partial charge in [0.2, 0.25) is 0 Å². The first-order valence-electron chi connectivity index (χ1n) is 8.15. The molecule has 26 heavy (non-hydrogen) atoms. The third-order valence-corrected chi connectivity index (χ3v) is 4.01. The van der Waals surface area contributed by atoms with Gasteiger partial charge >= 0.3 is 6.36 Å². The van der Waals surface area contributed by atoms with Crippen LogP contribution in [0.15, 0.2) is 60.7 Å². The van der Waals surface area contributed by atoms with Crippen molar-refractivity contribution >= 4 is 10.8 Å². The lowest BCUT2D eigenvalue weighted by molar-refractivity contribution is -0.274. The minimum Gasteiger partial charge on any atom is -0.493 e. The molecule has 6 heteroatoms. The first-order chi connectivity index (χ1) is 12.4. The Kier molecular flexibility index (Phi) is 5.04. The van der Waals surface area contributed by atoms with Crippen molar-refractivity contribution in [3.05, 3.63) is 71.8 Å². The van der Waals surface area contributed by atoms with Crippen LogP contribution in [0.4, 0.5) is 13.2 Å². The lowest BCUT2D eigenvalue weighted by Crippen LogP contribution is -2.17. The third-order valence-electron chi connectivity index (χ3n) is 4.01. The monoisotopic (exact) mass is 361 g/mol. The largest absolute Gasteiger partial charge is 0.573 e. The molecule has 0 fully saturated rings. The summed E-state index contributed by atoms with van der Waals surface area (Å²) in [5.41, 5.74) is 7.91. The standard InChI is InChI=1S/C20H18F3NO2/c1-2-25-17-12-9-13-5-3-4-6-16(13)18(17)19(24)14-7-10-15(11-8-14)26-20(21,22)23/h3-12,19H,2,24H2,1H3/t19-/m0/s1. The summed E-state index contributed by atoms with van der Waals surface area (Å²) in [6.45, 7) is 2.37. The molecule has 0 amide bonds. The fourth-order valence-corrected chi connectivity index (χ4v) is 2.92. The summed E-state index contributed by atoms with van der Waals surface area (Å²) in [7, 11) is 0. The van der Waals surface area contributed by atoms with E-state index in [4.69, 9.17) is 10.5 Å². The first kappa shape index (κ1) is 18.1. The molecule has 0 spiro atoms. The van der Waals surface area contributed by atoms with Crippen LogP contribution in [0.5, 0.6) is 11.5 Å². The Morgan fingerprint density at radius 3 is 2.31 bits per heavy atom. The van der Waals surface area contributed by atoms with Gasteiger partial charge in [0, 0.05) is 5.56 Å². The second-order valence-electron chi connectivity index (χ2n) is 5.73. The lowest BCUT2D eigenvalue weighted by atomic mass is 9.93. The molecule has 0 radical (unpaired) electrons. The Hall–Kier alpha value is -2.73. The van der Waals surface area contributed by atoms with Crippen molar-refractivity contribution in [1.29, 1.82) is 0 Å². The minimum atomic E-state index is -4.72. The molecule has 0 aromatic heterocycles. The van der Waals surface area contributed by atoms with Crippen molar-refractivity contribution in [3.63, 3.8) is 0 Å². The van der Waals surface area contributed by atoms with Crippen LogP contribution in [-0.4, -0.2) is 13.0 Å². The Morgan fingerprint density at radius 1 is 0.962 bits per heavy atom. The number of alkyl halides is 3. The van der Waals surface area contributed by atoms with E-state index in [1.807, 2.05) is 43.3 Å². The summed E-state index contributed by atoms with van der Waals surface area (Å²) in [5, 5.41) is 1.96. The SMILES string of the molecule is CCOc1ccc2ccccc2c1[C@@H](N)c1ccc(OC(F)(F)F)cc1. The van der Waals surface area contributed by atoms with E-state index in [1.54, 1.807) is 0 Å². The maximum atomic E-state index is 12.3. The normalized spacial score (nSPS) is 12.8. The zero-order valence-corrected chi connectivity index (χ0v) is 14.1. The molecular weight excluding hydrogens is 343 g/mol. The zero-order valence-electron chi connectivity index (χ0n) is 14.1. The smallest absolute Gasteiger partial charge is 0.493 e. The predicted octanol–water partition coefficient (Wildman–Crippen LogP) is 5.19. The van der Waals surface area contributed by atoms with E-state index in [9.17, 15) is 13.2 Å². The molecule has 0 bridgehead atoms. The van der Waals surface area contributed by atoms with Crippen molar-refractivity contribution in [3.8, 4) is 11.5 Å². The molecule has 0 saturated carbocycles. The lowest BCUT2D eigenvalue weighted by Gasteiger charge is -2.20. The highest BCUT2D eigenvalue weighted by atomic mass is 19.4. The molecule has 3 rings (SSSR count). The molecule has 0 aliphatic heterocycles. The number of halogens is 3. The summed E-state index contributed by atoms with van der Waals surface area (Å²) in [6, 6.07) is 16.6. The second-order valence-corrected chi connectivity index (χ2v) is 5.73. The Labute approximate surface area is 149 Å². The minimum absolute atomic E-state index is 0.281. The number of ether oxygens (including phenoxy) is 2. The molecule has 3 nitrogen and oxygen atoms in total. The number of fused-ring (bicyclic) bond motifs is 1. The van der Waals surface area contributed by atoms with Gasteiger partial charge in [-0.05, 0) is 41.5 Å². The molecule has 1 atom stereocenters. The summed E-state index contributed by atoms with van der Waals surface area (Å²) in [5.74, 6) is 0.380. The predicted molar refractivity (Wildman–Crippen MR) is 94.3 cm³/mol. The molecular formula is C20H18F3NO2. The molecule has 2 N–H and O–H groups in total. The van der Waals surface area contributed by atoms with E-state index in [0.717, 1.165) is 16.3 Å². The summed E-state index contributed by atoms with van der Waals surface area (Å²) in [6.07, 6.45) is -4.72. The third kappa shape index (κ3) is 3.91. The van der Waals surface area contributed by atoms with E-state index in [2.05, 4.69) is 4.74 Å². The molecule has 3 aromatic rings. The molecule has 136 valence electrons. The van der Waals surface area contributed by atoms with E-state index >= 15 is 0 Å². The number of hydrogen-bond acceptors (Lipinski definition) is 3.